The van der Waals surface area contributed by atoms with Gasteiger partial charge in [-0.25, -0.2) is 0 Å². The van der Waals surface area contributed by atoms with Crippen LogP contribution in [0.3, 0.4) is 0 Å². The standard InChI is InChI=1S/C13H20O5/c1-10-7-8-11(2,9(10)14)13(17-5,18-6)12(10,15-3)16-4/h7-8H,1-6H3. The number of rotatable bonds is 4. The second-order valence-corrected chi connectivity index (χ2v) is 5.12. The van der Waals surface area contributed by atoms with Crippen molar-refractivity contribution in [2.24, 2.45) is 10.8 Å². The molecule has 2 unspecified atom stereocenters. The number of Topliss-reactive ketones (excluding diaryl/α,β-unsaturated/α-hetero) is 1. The summed E-state index contributed by atoms with van der Waals surface area (Å²) in [5.41, 5.74) is -1.87. The van der Waals surface area contributed by atoms with Gasteiger partial charge in [0, 0.05) is 28.4 Å². The summed E-state index contributed by atoms with van der Waals surface area (Å²) in [5, 5.41) is 0. The number of ketones is 1. The van der Waals surface area contributed by atoms with Gasteiger partial charge in [-0.2, -0.15) is 0 Å². The molecule has 2 rings (SSSR count). The molecule has 2 bridgehead atoms. The van der Waals surface area contributed by atoms with E-state index in [0.29, 0.717) is 0 Å². The molecule has 0 saturated heterocycles. The summed E-state index contributed by atoms with van der Waals surface area (Å²) in [6.45, 7) is 3.56. The third-order valence-corrected chi connectivity index (χ3v) is 4.64. The van der Waals surface area contributed by atoms with Crippen molar-refractivity contribution in [1.82, 2.24) is 0 Å². The number of hydrogen-bond acceptors (Lipinski definition) is 5. The molecule has 1 fully saturated rings. The normalized spacial score (nSPS) is 39.6. The lowest BCUT2D eigenvalue weighted by Crippen LogP contribution is -2.66. The number of hydrogen-bond donors (Lipinski definition) is 0. The van der Waals surface area contributed by atoms with Gasteiger partial charge in [-0.15, -0.1) is 0 Å². The zero-order valence-electron chi connectivity index (χ0n) is 11.7. The highest BCUT2D eigenvalue weighted by molar-refractivity contribution is 6.01. The van der Waals surface area contributed by atoms with E-state index >= 15 is 0 Å². The topological polar surface area (TPSA) is 54.0 Å². The van der Waals surface area contributed by atoms with Crippen LogP contribution in [0.25, 0.3) is 0 Å². The highest BCUT2D eigenvalue weighted by Gasteiger charge is 2.84. The molecule has 0 aromatic heterocycles. The lowest BCUT2D eigenvalue weighted by atomic mass is 9.78. The Morgan fingerprint density at radius 3 is 1.28 bits per heavy atom. The smallest absolute Gasteiger partial charge is 0.240 e. The van der Waals surface area contributed by atoms with E-state index in [1.807, 2.05) is 12.2 Å². The Bertz CT molecular complexity index is 372. The van der Waals surface area contributed by atoms with E-state index in [0.717, 1.165) is 0 Å². The molecule has 0 radical (unpaired) electrons. The van der Waals surface area contributed by atoms with Gasteiger partial charge in [-0.1, -0.05) is 12.2 Å². The number of carbonyl (C=O) groups is 1. The van der Waals surface area contributed by atoms with Gasteiger partial charge in [0.05, 0.1) is 0 Å². The molecule has 102 valence electrons. The van der Waals surface area contributed by atoms with Crippen LogP contribution in [0.2, 0.25) is 0 Å². The third kappa shape index (κ3) is 0.945. The lowest BCUT2D eigenvalue weighted by Gasteiger charge is -2.50. The van der Waals surface area contributed by atoms with E-state index in [2.05, 4.69) is 0 Å². The van der Waals surface area contributed by atoms with Crippen LogP contribution in [0.4, 0.5) is 0 Å². The SMILES string of the molecule is COC1(OC)C2(C)C=CC(C)(C2=O)C1(OC)OC. The van der Waals surface area contributed by atoms with Crippen molar-refractivity contribution in [3.05, 3.63) is 12.2 Å². The summed E-state index contributed by atoms with van der Waals surface area (Å²) in [5.74, 6) is -2.63. The first kappa shape index (κ1) is 13.7. The summed E-state index contributed by atoms with van der Waals surface area (Å²) in [7, 11) is 5.97. The summed E-state index contributed by atoms with van der Waals surface area (Å²) in [6.07, 6.45) is 3.64. The van der Waals surface area contributed by atoms with E-state index in [1.54, 1.807) is 13.8 Å². The van der Waals surface area contributed by atoms with E-state index in [-0.39, 0.29) is 5.78 Å². The molecule has 0 aromatic carbocycles. The quantitative estimate of drug-likeness (QED) is 0.557. The minimum absolute atomic E-state index is 0.0256. The van der Waals surface area contributed by atoms with Crippen LogP contribution in [0.1, 0.15) is 13.8 Å². The largest absolute Gasteiger partial charge is 0.348 e. The van der Waals surface area contributed by atoms with Crippen molar-refractivity contribution >= 4 is 5.78 Å². The fraction of sp³-hybridized carbons (Fsp3) is 0.769. The summed E-state index contributed by atoms with van der Waals surface area (Å²) >= 11 is 0. The monoisotopic (exact) mass is 256 g/mol. The van der Waals surface area contributed by atoms with Crippen LogP contribution in [0.15, 0.2) is 12.2 Å². The molecule has 2 aliphatic rings. The van der Waals surface area contributed by atoms with Crippen molar-refractivity contribution in [2.45, 2.75) is 25.4 Å². The molecule has 0 N–H and O–H groups in total. The molecule has 0 aliphatic heterocycles. The number of methoxy groups -OCH3 is 4. The number of carbonyl (C=O) groups excluding carboxylic acids is 1. The predicted molar refractivity (Wildman–Crippen MR) is 63.9 cm³/mol. The zero-order chi connectivity index (χ0) is 13.8. The molecule has 0 spiro atoms. The highest BCUT2D eigenvalue weighted by Crippen LogP contribution is 2.67. The second-order valence-electron chi connectivity index (χ2n) is 5.12. The molecule has 18 heavy (non-hydrogen) atoms. The predicted octanol–water partition coefficient (Wildman–Crippen LogP) is 1.13. The van der Waals surface area contributed by atoms with Crippen LogP contribution >= 0.6 is 0 Å². The van der Waals surface area contributed by atoms with Gasteiger partial charge in [-0.05, 0) is 13.8 Å². The van der Waals surface area contributed by atoms with E-state index in [1.165, 1.54) is 28.4 Å². The molecule has 5 heteroatoms. The van der Waals surface area contributed by atoms with Gasteiger partial charge >= 0.3 is 0 Å². The first-order valence-electron chi connectivity index (χ1n) is 5.81. The van der Waals surface area contributed by atoms with Crippen molar-refractivity contribution < 1.29 is 23.7 Å². The molecule has 2 aliphatic carbocycles. The van der Waals surface area contributed by atoms with Gasteiger partial charge < -0.3 is 18.9 Å². The molecule has 5 nitrogen and oxygen atoms in total. The Kier molecular flexibility index (Phi) is 2.76. The van der Waals surface area contributed by atoms with Gasteiger partial charge in [0.25, 0.3) is 0 Å². The second kappa shape index (κ2) is 3.63. The Morgan fingerprint density at radius 1 is 0.778 bits per heavy atom. The number of ether oxygens (including phenoxy) is 4. The number of fused-ring (bicyclic) bond motifs is 2. The first-order chi connectivity index (χ1) is 8.35. The molecule has 0 amide bonds. The summed E-state index contributed by atoms with van der Waals surface area (Å²) in [4.78, 5) is 12.7. The molecule has 0 aromatic rings. The van der Waals surface area contributed by atoms with Crippen molar-refractivity contribution in [1.29, 1.82) is 0 Å². The zero-order valence-corrected chi connectivity index (χ0v) is 11.7. The molecule has 1 saturated carbocycles. The fourth-order valence-corrected chi connectivity index (χ4v) is 3.78. The minimum Gasteiger partial charge on any atom is -0.348 e. The third-order valence-electron chi connectivity index (χ3n) is 4.64. The van der Waals surface area contributed by atoms with Gasteiger partial charge in [0.2, 0.25) is 11.6 Å². The van der Waals surface area contributed by atoms with Gasteiger partial charge in [-0.3, -0.25) is 4.79 Å². The van der Waals surface area contributed by atoms with Crippen LogP contribution < -0.4 is 0 Å². The molecular weight excluding hydrogens is 236 g/mol. The average molecular weight is 256 g/mol. The van der Waals surface area contributed by atoms with Gasteiger partial charge in [0.1, 0.15) is 10.8 Å². The molecule has 0 heterocycles. The Labute approximate surface area is 107 Å². The first-order valence-corrected chi connectivity index (χ1v) is 5.81. The van der Waals surface area contributed by atoms with E-state index in [4.69, 9.17) is 18.9 Å². The van der Waals surface area contributed by atoms with Gasteiger partial charge in [0.15, 0.2) is 5.78 Å². The minimum atomic E-state index is -1.30. The fourth-order valence-electron chi connectivity index (χ4n) is 3.78. The Hall–Kier alpha value is -0.750. The summed E-state index contributed by atoms with van der Waals surface area (Å²) in [6, 6.07) is 0. The van der Waals surface area contributed by atoms with Crippen LogP contribution in [-0.2, 0) is 23.7 Å². The lowest BCUT2D eigenvalue weighted by molar-refractivity contribution is -0.413. The van der Waals surface area contributed by atoms with E-state index < -0.39 is 22.4 Å². The van der Waals surface area contributed by atoms with Crippen molar-refractivity contribution in [3.63, 3.8) is 0 Å². The maximum absolute atomic E-state index is 12.7. The highest BCUT2D eigenvalue weighted by atomic mass is 16.8. The van der Waals surface area contributed by atoms with Crippen molar-refractivity contribution in [2.75, 3.05) is 28.4 Å². The molecular formula is C13H20O5. The Morgan fingerprint density at radius 2 is 1.06 bits per heavy atom. The Balaban J connectivity index is 2.79. The van der Waals surface area contributed by atoms with Crippen LogP contribution in [0.5, 0.6) is 0 Å². The average Bonchev–Trinajstić information content (AvgIpc) is 2.69. The maximum atomic E-state index is 12.7. The van der Waals surface area contributed by atoms with Crippen LogP contribution in [-0.4, -0.2) is 45.8 Å². The van der Waals surface area contributed by atoms with Crippen molar-refractivity contribution in [3.8, 4) is 0 Å². The van der Waals surface area contributed by atoms with E-state index in [9.17, 15) is 4.79 Å². The maximum Gasteiger partial charge on any atom is 0.240 e. The molecule has 2 atom stereocenters. The summed E-state index contributed by atoms with van der Waals surface area (Å²) < 4.78 is 22.3. The van der Waals surface area contributed by atoms with Crippen LogP contribution in [0, 0.1) is 10.8 Å².